The normalized spacial score (nSPS) is 15.8. The van der Waals surface area contributed by atoms with Crippen molar-refractivity contribution in [1.82, 2.24) is 4.90 Å². The lowest BCUT2D eigenvalue weighted by molar-refractivity contribution is -0.121. The van der Waals surface area contributed by atoms with Crippen molar-refractivity contribution in [2.45, 2.75) is 13.5 Å². The Morgan fingerprint density at radius 3 is 2.57 bits per heavy atom. The van der Waals surface area contributed by atoms with Crippen LogP contribution in [0.15, 0.2) is 75.0 Å². The molecule has 1 fully saturated rings. The molecule has 9 heteroatoms. The van der Waals surface area contributed by atoms with E-state index in [1.807, 2.05) is 31.2 Å². The van der Waals surface area contributed by atoms with E-state index in [-0.39, 0.29) is 18.3 Å². The number of benzene rings is 3. The van der Waals surface area contributed by atoms with Crippen molar-refractivity contribution < 1.29 is 18.7 Å². The highest BCUT2D eigenvalue weighted by atomic mass is 79.9. The second kappa shape index (κ2) is 11.3. The maximum absolute atomic E-state index is 13.1. The third-order valence-corrected chi connectivity index (χ3v) is 7.30. The molecule has 1 aliphatic rings. The van der Waals surface area contributed by atoms with Crippen LogP contribution in [0.1, 0.15) is 18.1 Å². The standard InChI is InChI=1S/C26H21BrClFN2O3S/c1-3-33-23-12-17(6-11-22(23)34-15-16-4-7-18(29)8-5-16)13-24-25(32)31(2)26(35-24)30-19-9-10-20(27)21(28)14-19/h4-14H,3,15H2,1-2H3/b24-13-,30-26?. The highest BCUT2D eigenvalue weighted by Crippen LogP contribution is 2.36. The molecule has 0 spiro atoms. The third-order valence-electron chi connectivity index (χ3n) is 5.00. The lowest BCUT2D eigenvalue weighted by Gasteiger charge is -2.13. The zero-order valence-electron chi connectivity index (χ0n) is 18.9. The molecule has 1 saturated heterocycles. The Morgan fingerprint density at radius 2 is 1.86 bits per heavy atom. The minimum absolute atomic E-state index is 0.147. The van der Waals surface area contributed by atoms with E-state index in [4.69, 9.17) is 21.1 Å². The molecule has 1 aliphatic heterocycles. The van der Waals surface area contributed by atoms with Crippen LogP contribution in [-0.4, -0.2) is 29.6 Å². The number of amidine groups is 1. The number of aliphatic imine (C=N–C) groups is 1. The van der Waals surface area contributed by atoms with Crippen molar-refractivity contribution in [3.05, 3.63) is 92.0 Å². The second-order valence-corrected chi connectivity index (χ2v) is 9.79. The zero-order chi connectivity index (χ0) is 24.9. The van der Waals surface area contributed by atoms with Gasteiger partial charge in [-0.3, -0.25) is 9.69 Å². The van der Waals surface area contributed by atoms with Crippen LogP contribution in [0.4, 0.5) is 10.1 Å². The molecular weight excluding hydrogens is 555 g/mol. The predicted octanol–water partition coefficient (Wildman–Crippen LogP) is 7.45. The van der Waals surface area contributed by atoms with Gasteiger partial charge in [0.05, 0.1) is 22.2 Å². The lowest BCUT2D eigenvalue weighted by atomic mass is 10.1. The molecule has 0 unspecified atom stereocenters. The van der Waals surface area contributed by atoms with Crippen molar-refractivity contribution in [3.63, 3.8) is 0 Å². The first-order valence-electron chi connectivity index (χ1n) is 10.7. The van der Waals surface area contributed by atoms with Crippen molar-refractivity contribution in [3.8, 4) is 11.5 Å². The number of likely N-dealkylation sites (N-methyl/N-ethyl adjacent to an activating group) is 1. The van der Waals surface area contributed by atoms with Gasteiger partial charge in [-0.15, -0.1) is 0 Å². The van der Waals surface area contributed by atoms with E-state index in [0.717, 1.165) is 15.6 Å². The molecule has 35 heavy (non-hydrogen) atoms. The van der Waals surface area contributed by atoms with E-state index in [2.05, 4.69) is 20.9 Å². The van der Waals surface area contributed by atoms with Crippen molar-refractivity contribution in [2.24, 2.45) is 4.99 Å². The summed E-state index contributed by atoms with van der Waals surface area (Å²) in [5, 5.41) is 1.11. The minimum atomic E-state index is -0.292. The topological polar surface area (TPSA) is 51.1 Å². The monoisotopic (exact) mass is 574 g/mol. The fourth-order valence-corrected chi connectivity index (χ4v) is 4.62. The number of hydrogen-bond donors (Lipinski definition) is 0. The molecule has 180 valence electrons. The number of thioether (sulfide) groups is 1. The van der Waals surface area contributed by atoms with Crippen molar-refractivity contribution in [2.75, 3.05) is 13.7 Å². The zero-order valence-corrected chi connectivity index (χ0v) is 22.1. The number of ether oxygens (including phenoxy) is 2. The van der Waals surface area contributed by atoms with Gasteiger partial charge in [0.1, 0.15) is 12.4 Å². The van der Waals surface area contributed by atoms with E-state index < -0.39 is 0 Å². The molecule has 4 rings (SSSR count). The van der Waals surface area contributed by atoms with Gasteiger partial charge in [-0.1, -0.05) is 29.8 Å². The fraction of sp³-hybridized carbons (Fsp3) is 0.154. The van der Waals surface area contributed by atoms with Crippen LogP contribution in [-0.2, 0) is 11.4 Å². The molecule has 5 nitrogen and oxygen atoms in total. The number of hydrogen-bond acceptors (Lipinski definition) is 5. The molecule has 0 bridgehead atoms. The van der Waals surface area contributed by atoms with Gasteiger partial charge in [0.25, 0.3) is 5.91 Å². The molecule has 0 atom stereocenters. The van der Waals surface area contributed by atoms with E-state index >= 15 is 0 Å². The van der Waals surface area contributed by atoms with Crippen LogP contribution in [0, 0.1) is 5.82 Å². The van der Waals surface area contributed by atoms with E-state index in [9.17, 15) is 9.18 Å². The second-order valence-electron chi connectivity index (χ2n) is 7.52. The smallest absolute Gasteiger partial charge is 0.266 e. The van der Waals surface area contributed by atoms with Gasteiger partial charge in [-0.2, -0.15) is 0 Å². The molecule has 1 amide bonds. The van der Waals surface area contributed by atoms with Gasteiger partial charge in [0.15, 0.2) is 16.7 Å². The van der Waals surface area contributed by atoms with Crippen LogP contribution < -0.4 is 9.47 Å². The molecule has 0 aromatic heterocycles. The SMILES string of the molecule is CCOc1cc(/C=C2\SC(=Nc3ccc(Br)c(Cl)c3)N(C)C2=O)ccc1OCc1ccc(F)cc1. The summed E-state index contributed by atoms with van der Waals surface area (Å²) in [4.78, 5) is 19.5. The number of amides is 1. The minimum Gasteiger partial charge on any atom is -0.490 e. The molecular formula is C26H21BrClFN2O3S. The number of rotatable bonds is 7. The summed E-state index contributed by atoms with van der Waals surface area (Å²) >= 11 is 10.8. The number of carbonyl (C=O) groups is 1. The first kappa shape index (κ1) is 25.3. The Labute approximate surface area is 220 Å². The molecule has 0 aliphatic carbocycles. The lowest BCUT2D eigenvalue weighted by Crippen LogP contribution is -2.23. The summed E-state index contributed by atoms with van der Waals surface area (Å²) in [6.45, 7) is 2.62. The average Bonchev–Trinajstić information content (AvgIpc) is 3.10. The summed E-state index contributed by atoms with van der Waals surface area (Å²) < 4.78 is 25.6. The Bertz CT molecular complexity index is 1310. The van der Waals surface area contributed by atoms with Crippen molar-refractivity contribution in [1.29, 1.82) is 0 Å². The van der Waals surface area contributed by atoms with Gasteiger partial charge in [-0.25, -0.2) is 9.38 Å². The molecule has 0 saturated carbocycles. The Morgan fingerprint density at radius 1 is 1.09 bits per heavy atom. The van der Waals surface area contributed by atoms with Gasteiger partial charge in [0.2, 0.25) is 0 Å². The quantitative estimate of drug-likeness (QED) is 0.275. The first-order valence-corrected chi connectivity index (χ1v) is 12.7. The Hall–Kier alpha value is -2.81. The number of halogens is 3. The third kappa shape index (κ3) is 6.25. The summed E-state index contributed by atoms with van der Waals surface area (Å²) in [5.74, 6) is 0.688. The highest BCUT2D eigenvalue weighted by Gasteiger charge is 2.30. The Balaban J connectivity index is 1.54. The van der Waals surface area contributed by atoms with Crippen LogP contribution in [0.5, 0.6) is 11.5 Å². The van der Waals surface area contributed by atoms with E-state index in [1.165, 1.54) is 28.8 Å². The fourth-order valence-electron chi connectivity index (χ4n) is 3.21. The molecule has 3 aromatic carbocycles. The summed E-state index contributed by atoms with van der Waals surface area (Å²) in [7, 11) is 1.69. The molecule has 0 radical (unpaired) electrons. The number of nitrogens with zero attached hydrogens (tertiary/aromatic N) is 2. The van der Waals surface area contributed by atoms with Gasteiger partial charge >= 0.3 is 0 Å². The first-order chi connectivity index (χ1) is 16.8. The van der Waals surface area contributed by atoms with E-state index in [0.29, 0.717) is 38.9 Å². The largest absolute Gasteiger partial charge is 0.490 e. The summed E-state index contributed by atoms with van der Waals surface area (Å²) in [6, 6.07) is 17.0. The van der Waals surface area contributed by atoms with Crippen molar-refractivity contribution >= 4 is 62.1 Å². The highest BCUT2D eigenvalue weighted by molar-refractivity contribution is 9.10. The van der Waals surface area contributed by atoms with Gasteiger partial charge in [0, 0.05) is 11.5 Å². The predicted molar refractivity (Wildman–Crippen MR) is 143 cm³/mol. The number of carbonyl (C=O) groups excluding carboxylic acids is 1. The molecule has 1 heterocycles. The van der Waals surface area contributed by atoms with Crippen LogP contribution in [0.2, 0.25) is 5.02 Å². The summed E-state index contributed by atoms with van der Waals surface area (Å²) in [5.41, 5.74) is 2.29. The van der Waals surface area contributed by atoms with Gasteiger partial charge < -0.3 is 9.47 Å². The Kier molecular flexibility index (Phi) is 8.15. The van der Waals surface area contributed by atoms with Crippen LogP contribution >= 0.6 is 39.3 Å². The van der Waals surface area contributed by atoms with Gasteiger partial charge in [-0.05, 0) is 94.3 Å². The van der Waals surface area contributed by atoms with Crippen LogP contribution in [0.3, 0.4) is 0 Å². The summed E-state index contributed by atoms with van der Waals surface area (Å²) in [6.07, 6.45) is 1.80. The molecule has 0 N–H and O–H groups in total. The average molecular weight is 576 g/mol. The maximum atomic E-state index is 13.1. The maximum Gasteiger partial charge on any atom is 0.266 e. The molecule has 3 aromatic rings. The van der Waals surface area contributed by atoms with E-state index in [1.54, 1.807) is 37.4 Å². The van der Waals surface area contributed by atoms with Crippen LogP contribution in [0.25, 0.3) is 6.08 Å².